The molecule has 3 atom stereocenters. The zero-order chi connectivity index (χ0) is 19.0. The second-order valence-corrected chi connectivity index (χ2v) is 9.16. The molecule has 3 aliphatic rings. The Labute approximate surface area is 192 Å². The van der Waals surface area contributed by atoms with Crippen LogP contribution in [0.4, 0.5) is 0 Å². The summed E-state index contributed by atoms with van der Waals surface area (Å²) in [4.78, 5) is 17.7. The zero-order valence-electron chi connectivity index (χ0n) is 17.1. The highest BCUT2D eigenvalue weighted by atomic mass is 35.5. The van der Waals surface area contributed by atoms with Crippen LogP contribution in [0, 0.1) is 17.8 Å². The Hall–Kier alpha value is -0.520. The number of carbonyl (C=O) groups excluding carboxylic acids is 1. The topological polar surface area (TPSA) is 49.6 Å². The minimum absolute atomic E-state index is 0. The highest BCUT2D eigenvalue weighted by Gasteiger charge is 2.42. The van der Waals surface area contributed by atoms with Gasteiger partial charge in [-0.25, -0.2) is 0 Å². The van der Waals surface area contributed by atoms with Gasteiger partial charge in [-0.05, 0) is 56.1 Å². The molecule has 3 fully saturated rings. The van der Waals surface area contributed by atoms with E-state index < -0.39 is 0 Å². The van der Waals surface area contributed by atoms with Gasteiger partial charge in [-0.15, -0.1) is 24.8 Å². The van der Waals surface area contributed by atoms with Crippen molar-refractivity contribution in [3.05, 3.63) is 34.9 Å². The Morgan fingerprint density at radius 1 is 1.07 bits per heavy atom. The van der Waals surface area contributed by atoms with Crippen LogP contribution in [0.1, 0.15) is 50.6 Å². The Kier molecular flexibility index (Phi) is 9.11. The molecule has 1 saturated heterocycles. The number of amides is 1. The lowest BCUT2D eigenvalue weighted by Gasteiger charge is -2.45. The lowest BCUT2D eigenvalue weighted by atomic mass is 9.65. The summed E-state index contributed by atoms with van der Waals surface area (Å²) < 4.78 is 0. The van der Waals surface area contributed by atoms with Crippen LogP contribution in [-0.4, -0.2) is 47.9 Å². The average molecular weight is 463 g/mol. The van der Waals surface area contributed by atoms with Gasteiger partial charge in [-0.2, -0.15) is 0 Å². The van der Waals surface area contributed by atoms with Crippen molar-refractivity contribution in [3.8, 4) is 0 Å². The molecule has 1 amide bonds. The summed E-state index contributed by atoms with van der Waals surface area (Å²) in [6.45, 7) is 5.69. The predicted molar refractivity (Wildman–Crippen MR) is 124 cm³/mol. The number of fused-ring (bicyclic) bond motifs is 2. The van der Waals surface area contributed by atoms with Crippen molar-refractivity contribution in [1.82, 2.24) is 9.80 Å². The third-order valence-electron chi connectivity index (χ3n) is 7.29. The highest BCUT2D eigenvalue weighted by Crippen LogP contribution is 2.42. The molecule has 2 bridgehead atoms. The van der Waals surface area contributed by atoms with Crippen molar-refractivity contribution in [2.24, 2.45) is 23.5 Å². The molecule has 1 aromatic rings. The van der Waals surface area contributed by atoms with E-state index in [0.29, 0.717) is 23.8 Å². The summed E-state index contributed by atoms with van der Waals surface area (Å²) in [5, 5.41) is 0.827. The summed E-state index contributed by atoms with van der Waals surface area (Å²) in [7, 11) is 0. The van der Waals surface area contributed by atoms with Gasteiger partial charge in [-0.3, -0.25) is 9.69 Å². The number of hydrogen-bond donors (Lipinski definition) is 1. The third-order valence-corrected chi connectivity index (χ3v) is 7.64. The molecule has 4 rings (SSSR count). The van der Waals surface area contributed by atoms with E-state index in [9.17, 15) is 4.79 Å². The molecule has 0 aromatic heterocycles. The molecule has 2 N–H and O–H groups in total. The van der Waals surface area contributed by atoms with Gasteiger partial charge in [0.1, 0.15) is 0 Å². The fourth-order valence-electron chi connectivity index (χ4n) is 5.59. The van der Waals surface area contributed by atoms with Crippen LogP contribution in [0.3, 0.4) is 0 Å². The number of nitrogens with two attached hydrogens (primary N) is 1. The first-order valence-electron chi connectivity index (χ1n) is 10.6. The maximum Gasteiger partial charge on any atom is 0.225 e. The summed E-state index contributed by atoms with van der Waals surface area (Å²) in [6.07, 6.45) is 5.73. The molecule has 1 aliphatic heterocycles. The van der Waals surface area contributed by atoms with Gasteiger partial charge in [0, 0.05) is 49.2 Å². The molecule has 0 radical (unpaired) electrons. The van der Waals surface area contributed by atoms with E-state index in [2.05, 4.69) is 22.8 Å². The van der Waals surface area contributed by atoms with Gasteiger partial charge in [-0.1, -0.05) is 36.2 Å². The SMILES string of the molecule is CC(c1ccccc1Cl)N1CCN(C(=O)C2CC3CCCC(C2)C3N)CC1.Cl.Cl. The molecule has 1 aromatic carbocycles. The fourth-order valence-corrected chi connectivity index (χ4v) is 5.88. The van der Waals surface area contributed by atoms with Crippen molar-refractivity contribution in [2.75, 3.05) is 26.2 Å². The van der Waals surface area contributed by atoms with Crippen molar-refractivity contribution >= 4 is 42.3 Å². The van der Waals surface area contributed by atoms with Crippen molar-refractivity contribution in [3.63, 3.8) is 0 Å². The van der Waals surface area contributed by atoms with E-state index in [4.69, 9.17) is 17.3 Å². The Balaban J connectivity index is 0.00000150. The largest absolute Gasteiger partial charge is 0.340 e. The number of halogens is 3. The van der Waals surface area contributed by atoms with Gasteiger partial charge in [0.05, 0.1) is 0 Å². The normalized spacial score (nSPS) is 30.7. The minimum atomic E-state index is 0. The van der Waals surface area contributed by atoms with E-state index in [1.165, 1.54) is 24.8 Å². The standard InChI is InChI=1S/C22H32ClN3O.2ClH/c1-15(19-7-2-3-8-20(19)23)25-9-11-26(12-10-25)22(27)18-13-16-5-4-6-17(14-18)21(16)24;;/h2-3,7-8,15-18,21H,4-6,9-14,24H2,1H3;2*1H. The smallest absolute Gasteiger partial charge is 0.225 e. The summed E-state index contributed by atoms with van der Waals surface area (Å²) in [6, 6.07) is 8.69. The van der Waals surface area contributed by atoms with Crippen LogP contribution in [0.2, 0.25) is 5.02 Å². The van der Waals surface area contributed by atoms with Crippen LogP contribution < -0.4 is 5.73 Å². The summed E-state index contributed by atoms with van der Waals surface area (Å²) >= 11 is 6.38. The Bertz CT molecular complexity index is 667. The van der Waals surface area contributed by atoms with Crippen molar-refractivity contribution < 1.29 is 4.79 Å². The van der Waals surface area contributed by atoms with Gasteiger partial charge < -0.3 is 10.6 Å². The number of carbonyl (C=O) groups is 1. The molecule has 164 valence electrons. The van der Waals surface area contributed by atoms with E-state index in [1.807, 2.05) is 18.2 Å². The number of benzene rings is 1. The van der Waals surface area contributed by atoms with Crippen LogP contribution in [0.25, 0.3) is 0 Å². The molecular formula is C22H34Cl3N3O. The molecule has 2 saturated carbocycles. The first-order valence-corrected chi connectivity index (χ1v) is 10.9. The minimum Gasteiger partial charge on any atom is -0.340 e. The monoisotopic (exact) mass is 461 g/mol. The lowest BCUT2D eigenvalue weighted by Crippen LogP contribution is -2.54. The first-order chi connectivity index (χ1) is 13.0. The average Bonchev–Trinajstić information content (AvgIpc) is 2.67. The number of nitrogens with zero attached hydrogens (tertiary/aromatic N) is 2. The van der Waals surface area contributed by atoms with Crippen molar-refractivity contribution in [2.45, 2.75) is 51.1 Å². The van der Waals surface area contributed by atoms with Crippen LogP contribution in [0.5, 0.6) is 0 Å². The Morgan fingerprint density at radius 3 is 2.24 bits per heavy atom. The summed E-state index contributed by atoms with van der Waals surface area (Å²) in [5.74, 6) is 1.71. The highest BCUT2D eigenvalue weighted by molar-refractivity contribution is 6.31. The van der Waals surface area contributed by atoms with E-state index in [-0.39, 0.29) is 36.8 Å². The molecule has 2 aliphatic carbocycles. The third kappa shape index (κ3) is 5.22. The quantitative estimate of drug-likeness (QED) is 0.717. The maximum atomic E-state index is 13.1. The predicted octanol–water partition coefficient (Wildman–Crippen LogP) is 4.54. The summed E-state index contributed by atoms with van der Waals surface area (Å²) in [5.41, 5.74) is 7.58. The second kappa shape index (κ2) is 10.7. The van der Waals surface area contributed by atoms with E-state index in [1.54, 1.807) is 0 Å². The molecule has 4 nitrogen and oxygen atoms in total. The van der Waals surface area contributed by atoms with Gasteiger partial charge in [0.25, 0.3) is 0 Å². The maximum absolute atomic E-state index is 13.1. The second-order valence-electron chi connectivity index (χ2n) is 8.76. The fraction of sp³-hybridized carbons (Fsp3) is 0.682. The van der Waals surface area contributed by atoms with Crippen LogP contribution in [-0.2, 0) is 4.79 Å². The van der Waals surface area contributed by atoms with Gasteiger partial charge >= 0.3 is 0 Å². The van der Waals surface area contributed by atoms with Crippen LogP contribution >= 0.6 is 36.4 Å². The lowest BCUT2D eigenvalue weighted by molar-refractivity contribution is -0.140. The molecule has 7 heteroatoms. The number of hydrogen-bond acceptors (Lipinski definition) is 3. The molecule has 3 unspecified atom stereocenters. The van der Waals surface area contributed by atoms with Crippen LogP contribution in [0.15, 0.2) is 24.3 Å². The van der Waals surface area contributed by atoms with Gasteiger partial charge in [0.2, 0.25) is 5.91 Å². The number of rotatable bonds is 3. The van der Waals surface area contributed by atoms with Gasteiger partial charge in [0.15, 0.2) is 0 Å². The molecule has 0 spiro atoms. The number of piperazine rings is 1. The molecular weight excluding hydrogens is 429 g/mol. The Morgan fingerprint density at radius 2 is 1.66 bits per heavy atom. The van der Waals surface area contributed by atoms with Crippen molar-refractivity contribution in [1.29, 1.82) is 0 Å². The first kappa shape index (κ1) is 24.7. The zero-order valence-corrected chi connectivity index (χ0v) is 19.5. The molecule has 1 heterocycles. The van der Waals surface area contributed by atoms with E-state index in [0.717, 1.165) is 44.0 Å². The van der Waals surface area contributed by atoms with E-state index >= 15 is 0 Å². The molecule has 29 heavy (non-hydrogen) atoms.